The zero-order valence-corrected chi connectivity index (χ0v) is 6.86. The van der Waals surface area contributed by atoms with Gasteiger partial charge >= 0.3 is 5.97 Å². The molecule has 1 aliphatic rings. The predicted molar refractivity (Wildman–Crippen MR) is 47.5 cm³/mol. The van der Waals surface area contributed by atoms with E-state index in [1.54, 1.807) is 0 Å². The van der Waals surface area contributed by atoms with E-state index in [4.69, 9.17) is 0 Å². The van der Waals surface area contributed by atoms with Gasteiger partial charge in [-0.15, -0.1) is 0 Å². The van der Waals surface area contributed by atoms with E-state index in [0.29, 0.717) is 0 Å². The molecule has 1 rings (SSSR count). The van der Waals surface area contributed by atoms with Crippen molar-refractivity contribution in [2.45, 2.75) is 0 Å². The molecule has 2 heteroatoms. The molecule has 0 bridgehead atoms. The van der Waals surface area contributed by atoms with Crippen LogP contribution in [0.25, 0.3) is 0 Å². The summed E-state index contributed by atoms with van der Waals surface area (Å²) >= 11 is 0. The standard InChI is InChI=1S/C10H10O2/c1-12-10(11)8-9-6-4-2-3-5-7-9/h2-8H,1H3. The molecule has 0 heterocycles. The Labute approximate surface area is 71.5 Å². The van der Waals surface area contributed by atoms with Gasteiger partial charge in [-0.3, -0.25) is 0 Å². The van der Waals surface area contributed by atoms with E-state index in [2.05, 4.69) is 4.74 Å². The first-order valence-electron chi connectivity index (χ1n) is 3.64. The fraction of sp³-hybridized carbons (Fsp3) is 0.100. The topological polar surface area (TPSA) is 26.3 Å². The summed E-state index contributed by atoms with van der Waals surface area (Å²) in [6.45, 7) is 0. The van der Waals surface area contributed by atoms with Crippen LogP contribution in [0.1, 0.15) is 0 Å². The van der Waals surface area contributed by atoms with Crippen molar-refractivity contribution in [2.24, 2.45) is 0 Å². The molecule has 2 nitrogen and oxygen atoms in total. The van der Waals surface area contributed by atoms with Crippen LogP contribution in [0.4, 0.5) is 0 Å². The van der Waals surface area contributed by atoms with Gasteiger partial charge in [0.15, 0.2) is 0 Å². The van der Waals surface area contributed by atoms with Crippen LogP contribution in [-0.2, 0) is 9.53 Å². The number of carbonyl (C=O) groups is 1. The van der Waals surface area contributed by atoms with Crippen molar-refractivity contribution in [1.29, 1.82) is 0 Å². The lowest BCUT2D eigenvalue weighted by atomic mass is 10.2. The van der Waals surface area contributed by atoms with Crippen molar-refractivity contribution < 1.29 is 9.53 Å². The van der Waals surface area contributed by atoms with Crippen molar-refractivity contribution in [3.05, 3.63) is 48.1 Å². The summed E-state index contributed by atoms with van der Waals surface area (Å²) in [6, 6.07) is 0. The molecule has 0 N–H and O–H groups in total. The van der Waals surface area contributed by atoms with Crippen molar-refractivity contribution in [3.8, 4) is 0 Å². The number of carbonyl (C=O) groups excluding carboxylic acids is 1. The average molecular weight is 162 g/mol. The minimum absolute atomic E-state index is 0.332. The van der Waals surface area contributed by atoms with E-state index in [1.807, 2.05) is 36.5 Å². The maximum absolute atomic E-state index is 10.8. The third-order valence-electron chi connectivity index (χ3n) is 1.40. The van der Waals surface area contributed by atoms with Gasteiger partial charge in [0.25, 0.3) is 0 Å². The summed E-state index contributed by atoms with van der Waals surface area (Å²) in [5.74, 6) is -0.332. The van der Waals surface area contributed by atoms with E-state index in [-0.39, 0.29) is 5.97 Å². The Morgan fingerprint density at radius 1 is 1.25 bits per heavy atom. The molecule has 0 aliphatic heterocycles. The van der Waals surface area contributed by atoms with Crippen molar-refractivity contribution in [2.75, 3.05) is 7.11 Å². The Morgan fingerprint density at radius 3 is 2.33 bits per heavy atom. The summed E-state index contributed by atoms with van der Waals surface area (Å²) in [4.78, 5) is 10.8. The van der Waals surface area contributed by atoms with Crippen LogP contribution in [0.2, 0.25) is 0 Å². The van der Waals surface area contributed by atoms with Crippen LogP contribution in [0.15, 0.2) is 48.1 Å². The fourth-order valence-electron chi connectivity index (χ4n) is 0.808. The van der Waals surface area contributed by atoms with Crippen LogP contribution < -0.4 is 0 Å². The van der Waals surface area contributed by atoms with E-state index >= 15 is 0 Å². The Balaban J connectivity index is 2.75. The third kappa shape index (κ3) is 2.58. The maximum Gasteiger partial charge on any atom is 0.331 e. The zero-order valence-electron chi connectivity index (χ0n) is 6.86. The normalized spacial score (nSPS) is 14.2. The summed E-state index contributed by atoms with van der Waals surface area (Å²) in [5.41, 5.74) is 0.840. The van der Waals surface area contributed by atoms with Crippen LogP contribution >= 0.6 is 0 Å². The highest BCUT2D eigenvalue weighted by atomic mass is 16.5. The number of rotatable bonds is 1. The highest BCUT2D eigenvalue weighted by Gasteiger charge is 1.94. The Hall–Kier alpha value is -1.57. The molecule has 1 aliphatic carbocycles. The molecule has 62 valence electrons. The van der Waals surface area contributed by atoms with E-state index in [1.165, 1.54) is 13.2 Å². The number of hydrogen-bond donors (Lipinski definition) is 0. The average Bonchev–Trinajstić information content (AvgIpc) is 2.33. The van der Waals surface area contributed by atoms with Crippen LogP contribution in [0.3, 0.4) is 0 Å². The SMILES string of the molecule is COC(=O)C=C1C=CC=CC=C1. The summed E-state index contributed by atoms with van der Waals surface area (Å²) in [5, 5.41) is 0. The van der Waals surface area contributed by atoms with Gasteiger partial charge in [0.05, 0.1) is 7.11 Å². The number of allylic oxidation sites excluding steroid dienone is 7. The second-order valence-corrected chi connectivity index (χ2v) is 2.27. The van der Waals surface area contributed by atoms with Gasteiger partial charge in [-0.05, 0) is 5.57 Å². The molecular formula is C10H10O2. The number of methoxy groups -OCH3 is 1. The summed E-state index contributed by atoms with van der Waals surface area (Å²) < 4.78 is 4.49. The monoisotopic (exact) mass is 162 g/mol. The highest BCUT2D eigenvalue weighted by molar-refractivity contribution is 5.84. The van der Waals surface area contributed by atoms with Crippen molar-refractivity contribution in [1.82, 2.24) is 0 Å². The molecule has 0 spiro atoms. The molecule has 0 atom stereocenters. The van der Waals surface area contributed by atoms with E-state index in [0.717, 1.165) is 5.57 Å². The van der Waals surface area contributed by atoms with Crippen molar-refractivity contribution in [3.63, 3.8) is 0 Å². The van der Waals surface area contributed by atoms with E-state index in [9.17, 15) is 4.79 Å². The van der Waals surface area contributed by atoms with Gasteiger partial charge in [0.2, 0.25) is 0 Å². The van der Waals surface area contributed by atoms with E-state index < -0.39 is 0 Å². The van der Waals surface area contributed by atoms with Crippen molar-refractivity contribution >= 4 is 5.97 Å². The molecule has 0 fully saturated rings. The second kappa shape index (κ2) is 4.34. The third-order valence-corrected chi connectivity index (χ3v) is 1.40. The zero-order chi connectivity index (χ0) is 8.81. The molecule has 0 aromatic carbocycles. The summed E-state index contributed by atoms with van der Waals surface area (Å²) in [6.07, 6.45) is 12.7. The molecule has 0 aromatic heterocycles. The van der Waals surface area contributed by atoms with Gasteiger partial charge in [-0.25, -0.2) is 4.79 Å². The summed E-state index contributed by atoms with van der Waals surface area (Å²) in [7, 11) is 1.36. The molecule has 0 amide bonds. The molecule has 0 radical (unpaired) electrons. The fourth-order valence-corrected chi connectivity index (χ4v) is 0.808. The lowest BCUT2D eigenvalue weighted by Crippen LogP contribution is -1.95. The predicted octanol–water partition coefficient (Wildman–Crippen LogP) is 1.77. The first kappa shape index (κ1) is 8.53. The first-order valence-corrected chi connectivity index (χ1v) is 3.64. The molecule has 0 saturated heterocycles. The maximum atomic E-state index is 10.8. The Morgan fingerprint density at radius 2 is 1.83 bits per heavy atom. The van der Waals surface area contributed by atoms with Crippen LogP contribution in [0.5, 0.6) is 0 Å². The smallest absolute Gasteiger partial charge is 0.331 e. The van der Waals surface area contributed by atoms with Gasteiger partial charge < -0.3 is 4.74 Å². The molecule has 0 aromatic rings. The first-order chi connectivity index (χ1) is 5.83. The van der Waals surface area contributed by atoms with Gasteiger partial charge in [-0.2, -0.15) is 0 Å². The van der Waals surface area contributed by atoms with Gasteiger partial charge in [0, 0.05) is 6.08 Å². The number of ether oxygens (including phenoxy) is 1. The minimum atomic E-state index is -0.332. The lowest BCUT2D eigenvalue weighted by molar-refractivity contribution is -0.134. The quantitative estimate of drug-likeness (QED) is 0.434. The molecule has 12 heavy (non-hydrogen) atoms. The Kier molecular flexibility index (Phi) is 3.08. The van der Waals surface area contributed by atoms with Gasteiger partial charge in [0.1, 0.15) is 0 Å². The minimum Gasteiger partial charge on any atom is -0.466 e. The van der Waals surface area contributed by atoms with Gasteiger partial charge in [-0.1, -0.05) is 36.5 Å². The lowest BCUT2D eigenvalue weighted by Gasteiger charge is -1.92. The Bertz CT molecular complexity index is 262. The highest BCUT2D eigenvalue weighted by Crippen LogP contribution is 2.03. The number of esters is 1. The van der Waals surface area contributed by atoms with Crippen LogP contribution in [0, 0.1) is 0 Å². The molecular weight excluding hydrogens is 152 g/mol. The van der Waals surface area contributed by atoms with Crippen LogP contribution in [-0.4, -0.2) is 13.1 Å². The second-order valence-electron chi connectivity index (χ2n) is 2.27. The largest absolute Gasteiger partial charge is 0.466 e. The molecule has 0 unspecified atom stereocenters. The number of hydrogen-bond acceptors (Lipinski definition) is 2. The molecule has 0 saturated carbocycles.